The maximum absolute atomic E-state index is 12.8. The van der Waals surface area contributed by atoms with Crippen molar-refractivity contribution in [3.8, 4) is 0 Å². The number of fused-ring (bicyclic) bond motifs is 1. The van der Waals surface area contributed by atoms with Gasteiger partial charge in [-0.25, -0.2) is 4.98 Å². The number of carbonyl (C=O) groups excluding carboxylic acids is 2. The average molecular weight is 299 g/mol. The number of hydrogen-bond donors (Lipinski definition) is 1. The van der Waals surface area contributed by atoms with Crippen LogP contribution in [0, 0.1) is 5.41 Å². The molecule has 3 rings (SSSR count). The van der Waals surface area contributed by atoms with E-state index in [0.717, 1.165) is 49.3 Å². The van der Waals surface area contributed by atoms with Crippen molar-refractivity contribution in [2.45, 2.75) is 26.2 Å². The third kappa shape index (κ3) is 2.57. The predicted molar refractivity (Wildman–Crippen MR) is 85.6 cm³/mol. The molecule has 0 aromatic carbocycles. The number of rotatable bonds is 2. The maximum Gasteiger partial charge on any atom is 0.234 e. The second-order valence-electron chi connectivity index (χ2n) is 6.27. The molecule has 1 spiro atoms. The number of ketones is 1. The lowest BCUT2D eigenvalue weighted by atomic mass is 9.71. The van der Waals surface area contributed by atoms with Gasteiger partial charge in [0.05, 0.1) is 5.41 Å². The Morgan fingerprint density at radius 3 is 2.82 bits per heavy atom. The van der Waals surface area contributed by atoms with Crippen molar-refractivity contribution < 1.29 is 9.59 Å². The topological polar surface area (TPSA) is 62.3 Å². The Hall–Kier alpha value is -2.01. The van der Waals surface area contributed by atoms with Crippen LogP contribution in [0.2, 0.25) is 0 Å². The number of hydrogen-bond acceptors (Lipinski definition) is 4. The van der Waals surface area contributed by atoms with Gasteiger partial charge in [0.25, 0.3) is 0 Å². The molecule has 0 bridgehead atoms. The van der Waals surface area contributed by atoms with Crippen LogP contribution >= 0.6 is 0 Å². The third-order valence-electron chi connectivity index (χ3n) is 4.64. The molecule has 1 fully saturated rings. The fourth-order valence-electron chi connectivity index (χ4n) is 3.45. The molecule has 3 heterocycles. The molecule has 0 aliphatic carbocycles. The van der Waals surface area contributed by atoms with E-state index in [2.05, 4.69) is 16.4 Å². The molecule has 0 saturated carbocycles. The van der Waals surface area contributed by atoms with Crippen LogP contribution in [-0.4, -0.2) is 36.8 Å². The zero-order chi connectivity index (χ0) is 15.7. The summed E-state index contributed by atoms with van der Waals surface area (Å²) in [5, 5.41) is 3.32. The molecule has 0 unspecified atom stereocenters. The number of aromatic nitrogens is 1. The molecule has 1 N–H and O–H groups in total. The Labute approximate surface area is 130 Å². The zero-order valence-electron chi connectivity index (χ0n) is 13.1. The molecule has 22 heavy (non-hydrogen) atoms. The molecule has 5 nitrogen and oxygen atoms in total. The minimum atomic E-state index is -0.294. The van der Waals surface area contributed by atoms with Gasteiger partial charge in [-0.05, 0) is 68.6 Å². The molecule has 1 aromatic rings. The summed E-state index contributed by atoms with van der Waals surface area (Å²) in [5.41, 5.74) is 1.70. The minimum absolute atomic E-state index is 0.0137. The van der Waals surface area contributed by atoms with Crippen molar-refractivity contribution in [3.05, 3.63) is 29.5 Å². The van der Waals surface area contributed by atoms with Gasteiger partial charge in [-0.2, -0.15) is 0 Å². The third-order valence-corrected chi connectivity index (χ3v) is 4.64. The van der Waals surface area contributed by atoms with Crippen molar-refractivity contribution in [2.24, 2.45) is 5.41 Å². The summed E-state index contributed by atoms with van der Waals surface area (Å²) in [6.45, 7) is 3.29. The highest BCUT2D eigenvalue weighted by molar-refractivity contribution is 5.99. The van der Waals surface area contributed by atoms with E-state index in [1.165, 1.54) is 6.92 Å². The molecule has 1 amide bonds. The van der Waals surface area contributed by atoms with Gasteiger partial charge < -0.3 is 5.32 Å². The van der Waals surface area contributed by atoms with Crippen LogP contribution in [0.15, 0.2) is 18.3 Å². The number of pyridine rings is 1. The predicted octanol–water partition coefficient (Wildman–Crippen LogP) is 1.57. The smallest absolute Gasteiger partial charge is 0.234 e. The van der Waals surface area contributed by atoms with Crippen LogP contribution in [0.4, 0.5) is 5.82 Å². The number of nitrogens with zero attached hydrogens (tertiary/aromatic N) is 2. The van der Waals surface area contributed by atoms with Gasteiger partial charge in [-0.3, -0.25) is 14.5 Å². The molecule has 5 heteroatoms. The molecular weight excluding hydrogens is 278 g/mol. The van der Waals surface area contributed by atoms with Crippen molar-refractivity contribution in [1.29, 1.82) is 0 Å². The van der Waals surface area contributed by atoms with Crippen LogP contribution in [0.5, 0.6) is 0 Å². The Kier molecular flexibility index (Phi) is 3.83. The molecule has 1 aromatic heterocycles. The first-order chi connectivity index (χ1) is 10.5. The van der Waals surface area contributed by atoms with Crippen molar-refractivity contribution in [1.82, 2.24) is 10.3 Å². The minimum Gasteiger partial charge on any atom is -0.317 e. The Morgan fingerprint density at radius 1 is 1.41 bits per heavy atom. The van der Waals surface area contributed by atoms with Gasteiger partial charge in [-0.1, -0.05) is 0 Å². The van der Waals surface area contributed by atoms with Gasteiger partial charge in [0.2, 0.25) is 5.91 Å². The Bertz CT molecular complexity index is 645. The highest BCUT2D eigenvalue weighted by Crippen LogP contribution is 2.41. The first kappa shape index (κ1) is 14.9. The highest BCUT2D eigenvalue weighted by Gasteiger charge is 2.45. The van der Waals surface area contributed by atoms with Crippen molar-refractivity contribution in [3.63, 3.8) is 0 Å². The van der Waals surface area contributed by atoms with E-state index in [-0.39, 0.29) is 17.1 Å². The van der Waals surface area contributed by atoms with Gasteiger partial charge in [0.15, 0.2) is 5.78 Å². The number of piperidine rings is 1. The van der Waals surface area contributed by atoms with Crippen molar-refractivity contribution >= 4 is 23.6 Å². The normalized spacial score (nSPS) is 20.5. The number of nitrogens with one attached hydrogen (secondary N) is 1. The second kappa shape index (κ2) is 5.65. The number of allylic oxidation sites excluding steroid dienone is 1. The monoisotopic (exact) mass is 299 g/mol. The molecule has 0 atom stereocenters. The quantitative estimate of drug-likeness (QED) is 0.842. The van der Waals surface area contributed by atoms with E-state index in [9.17, 15) is 9.59 Å². The highest BCUT2D eigenvalue weighted by atomic mass is 16.2. The van der Waals surface area contributed by atoms with E-state index in [0.29, 0.717) is 0 Å². The first-order valence-electron chi connectivity index (χ1n) is 7.68. The first-order valence-corrected chi connectivity index (χ1v) is 7.68. The standard InChI is InChI=1S/C17H21N3O2/c1-12(21)3-4-13-9-14-10-17(5-7-18-8-6-17)16(22)20(2)15(14)19-11-13/h3-4,9,11,18H,5-8,10H2,1-2H3/b4-3+. The lowest BCUT2D eigenvalue weighted by Crippen LogP contribution is -2.52. The van der Waals surface area contributed by atoms with Crippen LogP contribution in [0.25, 0.3) is 6.08 Å². The molecular formula is C17H21N3O2. The van der Waals surface area contributed by atoms with E-state index in [1.807, 2.05) is 7.05 Å². The number of anilines is 1. The van der Waals surface area contributed by atoms with Crippen LogP contribution in [0.1, 0.15) is 30.9 Å². The second-order valence-corrected chi connectivity index (χ2v) is 6.27. The summed E-state index contributed by atoms with van der Waals surface area (Å²) in [6.07, 6.45) is 7.50. The van der Waals surface area contributed by atoms with E-state index in [4.69, 9.17) is 0 Å². The maximum atomic E-state index is 12.8. The van der Waals surface area contributed by atoms with Crippen LogP contribution in [-0.2, 0) is 16.0 Å². The molecule has 116 valence electrons. The summed E-state index contributed by atoms with van der Waals surface area (Å²) >= 11 is 0. The summed E-state index contributed by atoms with van der Waals surface area (Å²) in [7, 11) is 1.81. The largest absolute Gasteiger partial charge is 0.317 e. The SMILES string of the molecule is CC(=O)/C=C/c1cnc2c(c1)CC1(CCNCC1)C(=O)N2C. The lowest BCUT2D eigenvalue weighted by Gasteiger charge is -2.43. The number of amides is 1. The van der Waals surface area contributed by atoms with Crippen molar-refractivity contribution in [2.75, 3.05) is 25.0 Å². The van der Waals surface area contributed by atoms with E-state index < -0.39 is 0 Å². The fourth-order valence-corrected chi connectivity index (χ4v) is 3.45. The van der Waals surface area contributed by atoms with Crippen LogP contribution < -0.4 is 10.2 Å². The zero-order valence-corrected chi connectivity index (χ0v) is 13.1. The van der Waals surface area contributed by atoms with Gasteiger partial charge >= 0.3 is 0 Å². The summed E-state index contributed by atoms with van der Waals surface area (Å²) < 4.78 is 0. The summed E-state index contributed by atoms with van der Waals surface area (Å²) in [6, 6.07) is 2.05. The summed E-state index contributed by atoms with van der Waals surface area (Å²) in [4.78, 5) is 30.0. The van der Waals surface area contributed by atoms with Crippen LogP contribution in [0.3, 0.4) is 0 Å². The van der Waals surface area contributed by atoms with Gasteiger partial charge in [-0.15, -0.1) is 0 Å². The van der Waals surface area contributed by atoms with E-state index >= 15 is 0 Å². The summed E-state index contributed by atoms with van der Waals surface area (Å²) in [5.74, 6) is 0.940. The fraction of sp³-hybridized carbons (Fsp3) is 0.471. The van der Waals surface area contributed by atoms with Gasteiger partial charge in [0, 0.05) is 13.2 Å². The lowest BCUT2D eigenvalue weighted by molar-refractivity contribution is -0.130. The molecule has 2 aliphatic heterocycles. The molecule has 2 aliphatic rings. The van der Waals surface area contributed by atoms with Gasteiger partial charge in [0.1, 0.15) is 5.82 Å². The average Bonchev–Trinajstić information content (AvgIpc) is 2.51. The molecule has 0 radical (unpaired) electrons. The number of carbonyl (C=O) groups is 2. The van der Waals surface area contributed by atoms with E-state index in [1.54, 1.807) is 23.2 Å². The molecule has 1 saturated heterocycles. The Morgan fingerprint density at radius 2 is 2.14 bits per heavy atom. The Balaban J connectivity index is 1.97.